The fraction of sp³-hybridized carbons (Fsp3) is 0.923. The lowest BCUT2D eigenvalue weighted by Crippen LogP contribution is -2.45. The highest BCUT2D eigenvalue weighted by Crippen LogP contribution is 2.25. The molecule has 0 aromatic heterocycles. The van der Waals surface area contributed by atoms with E-state index in [0.29, 0.717) is 25.9 Å². The molecular weight excluding hydrogens is 235 g/mol. The number of carbonyl (C=O) groups is 1. The number of halogens is 1. The van der Waals surface area contributed by atoms with Crippen LogP contribution < -0.4 is 5.73 Å². The van der Waals surface area contributed by atoms with Gasteiger partial charge in [0.1, 0.15) is 11.8 Å². The number of nitrogens with two attached hydrogens (primary N) is 1. The van der Waals surface area contributed by atoms with Gasteiger partial charge in [0.2, 0.25) is 0 Å². The molecule has 1 rings (SSSR count). The van der Waals surface area contributed by atoms with E-state index in [1.807, 2.05) is 20.8 Å². The molecule has 0 radical (unpaired) electrons. The highest BCUT2D eigenvalue weighted by atomic mass is 19.1. The van der Waals surface area contributed by atoms with Crippen molar-refractivity contribution in [3.63, 3.8) is 0 Å². The third kappa shape index (κ3) is 4.44. The minimum absolute atomic E-state index is 0.0383. The predicted molar refractivity (Wildman–Crippen MR) is 69.1 cm³/mol. The minimum atomic E-state index is -0.981. The maximum Gasteiger partial charge on any atom is 0.410 e. The van der Waals surface area contributed by atoms with Crippen LogP contribution in [-0.4, -0.2) is 41.9 Å². The van der Waals surface area contributed by atoms with Crippen molar-refractivity contribution in [2.24, 2.45) is 11.7 Å². The molecule has 0 aromatic carbocycles. The largest absolute Gasteiger partial charge is 0.444 e. The van der Waals surface area contributed by atoms with Crippen LogP contribution in [0.2, 0.25) is 0 Å². The van der Waals surface area contributed by atoms with E-state index >= 15 is 0 Å². The second-order valence-electron chi connectivity index (χ2n) is 6.11. The summed E-state index contributed by atoms with van der Waals surface area (Å²) in [6.45, 7) is 8.30. The number of ether oxygens (including phenoxy) is 1. The summed E-state index contributed by atoms with van der Waals surface area (Å²) in [5.41, 5.74) is 5.08. The monoisotopic (exact) mass is 260 g/mol. The third-order valence-electron chi connectivity index (χ3n) is 3.14. The Morgan fingerprint density at radius 3 is 2.28 bits per heavy atom. The van der Waals surface area contributed by atoms with E-state index in [4.69, 9.17) is 10.5 Å². The predicted octanol–water partition coefficient (Wildman–Crippen LogP) is 2.32. The number of likely N-dealkylation sites (tertiary alicyclic amines) is 1. The Bertz CT molecular complexity index is 281. The van der Waals surface area contributed by atoms with Gasteiger partial charge in [0.25, 0.3) is 0 Å². The first kappa shape index (κ1) is 15.2. The summed E-state index contributed by atoms with van der Waals surface area (Å²) in [6.07, 6.45) is 0.0205. The maximum atomic E-state index is 13.8. The van der Waals surface area contributed by atoms with Crippen LogP contribution in [-0.2, 0) is 4.74 Å². The van der Waals surface area contributed by atoms with Gasteiger partial charge in [-0.3, -0.25) is 0 Å². The molecule has 1 heterocycles. The zero-order chi connectivity index (χ0) is 13.9. The fourth-order valence-electron chi connectivity index (χ4n) is 2.16. The molecule has 4 nitrogen and oxygen atoms in total. The standard InChI is InChI=1S/C13H25FN2O2/c1-9(15)11(14)10-5-7-16(8-6-10)12(17)18-13(2,3)4/h9-11H,5-8,15H2,1-4H3. The summed E-state index contributed by atoms with van der Waals surface area (Å²) in [6, 6.07) is -0.442. The van der Waals surface area contributed by atoms with Crippen LogP contribution in [0.15, 0.2) is 0 Å². The first-order valence-electron chi connectivity index (χ1n) is 6.58. The average molecular weight is 260 g/mol. The van der Waals surface area contributed by atoms with Crippen LogP contribution in [0.3, 0.4) is 0 Å². The highest BCUT2D eigenvalue weighted by Gasteiger charge is 2.31. The van der Waals surface area contributed by atoms with E-state index < -0.39 is 17.8 Å². The van der Waals surface area contributed by atoms with Gasteiger partial charge in [0.15, 0.2) is 0 Å². The second-order valence-corrected chi connectivity index (χ2v) is 6.11. The lowest BCUT2D eigenvalue weighted by Gasteiger charge is -2.35. The van der Waals surface area contributed by atoms with Crippen molar-refractivity contribution in [1.82, 2.24) is 4.90 Å². The van der Waals surface area contributed by atoms with Gasteiger partial charge in [0, 0.05) is 19.1 Å². The number of amides is 1. The Labute approximate surface area is 109 Å². The van der Waals surface area contributed by atoms with Gasteiger partial charge in [-0.15, -0.1) is 0 Å². The van der Waals surface area contributed by atoms with Gasteiger partial charge in [-0.05, 0) is 46.5 Å². The Morgan fingerprint density at radius 1 is 1.39 bits per heavy atom. The van der Waals surface area contributed by atoms with Gasteiger partial charge >= 0.3 is 6.09 Å². The zero-order valence-electron chi connectivity index (χ0n) is 11.8. The van der Waals surface area contributed by atoms with Crippen molar-refractivity contribution in [1.29, 1.82) is 0 Å². The zero-order valence-corrected chi connectivity index (χ0v) is 11.8. The van der Waals surface area contributed by atoms with Crippen LogP contribution in [0.5, 0.6) is 0 Å². The lowest BCUT2D eigenvalue weighted by atomic mass is 9.89. The molecule has 1 aliphatic heterocycles. The van der Waals surface area contributed by atoms with E-state index in [-0.39, 0.29) is 12.0 Å². The molecule has 2 unspecified atom stereocenters. The first-order valence-corrected chi connectivity index (χ1v) is 6.58. The number of piperidine rings is 1. The number of hydrogen-bond donors (Lipinski definition) is 1. The van der Waals surface area contributed by atoms with E-state index in [2.05, 4.69) is 0 Å². The number of hydrogen-bond acceptors (Lipinski definition) is 3. The van der Waals surface area contributed by atoms with Crippen molar-refractivity contribution in [3.8, 4) is 0 Å². The fourth-order valence-corrected chi connectivity index (χ4v) is 2.16. The molecule has 0 bridgehead atoms. The molecule has 2 atom stereocenters. The normalized spacial score (nSPS) is 21.6. The number of alkyl halides is 1. The van der Waals surface area contributed by atoms with Crippen molar-refractivity contribution < 1.29 is 13.9 Å². The lowest BCUT2D eigenvalue weighted by molar-refractivity contribution is 0.0137. The first-order chi connectivity index (χ1) is 8.20. The van der Waals surface area contributed by atoms with Gasteiger partial charge in [0.05, 0.1) is 0 Å². The summed E-state index contributed by atoms with van der Waals surface area (Å²) >= 11 is 0. The van der Waals surface area contributed by atoms with Crippen molar-refractivity contribution in [3.05, 3.63) is 0 Å². The molecule has 1 saturated heterocycles. The Balaban J connectivity index is 2.42. The summed E-state index contributed by atoms with van der Waals surface area (Å²) in [4.78, 5) is 13.5. The molecule has 0 aliphatic carbocycles. The molecule has 5 heteroatoms. The van der Waals surface area contributed by atoms with E-state index in [1.54, 1.807) is 11.8 Å². The molecular formula is C13H25FN2O2. The summed E-state index contributed by atoms with van der Waals surface area (Å²) in [7, 11) is 0. The summed E-state index contributed by atoms with van der Waals surface area (Å²) in [5, 5.41) is 0. The molecule has 0 spiro atoms. The number of rotatable bonds is 2. The van der Waals surface area contributed by atoms with Crippen LogP contribution in [0.25, 0.3) is 0 Å². The van der Waals surface area contributed by atoms with Gasteiger partial charge in [-0.1, -0.05) is 0 Å². The van der Waals surface area contributed by atoms with Crippen LogP contribution in [0.4, 0.5) is 9.18 Å². The van der Waals surface area contributed by atoms with Crippen molar-refractivity contribution in [2.45, 2.75) is 58.4 Å². The maximum absolute atomic E-state index is 13.8. The van der Waals surface area contributed by atoms with Gasteiger partial charge in [-0.2, -0.15) is 0 Å². The molecule has 0 saturated carbocycles. The molecule has 1 fully saturated rings. The molecule has 1 aliphatic rings. The van der Waals surface area contributed by atoms with Crippen molar-refractivity contribution in [2.75, 3.05) is 13.1 Å². The highest BCUT2D eigenvalue weighted by molar-refractivity contribution is 5.68. The minimum Gasteiger partial charge on any atom is -0.444 e. The molecule has 0 aromatic rings. The van der Waals surface area contributed by atoms with Crippen LogP contribution in [0, 0.1) is 5.92 Å². The molecule has 2 N–H and O–H groups in total. The van der Waals surface area contributed by atoms with Crippen LogP contribution in [0.1, 0.15) is 40.5 Å². The van der Waals surface area contributed by atoms with Gasteiger partial charge in [-0.25, -0.2) is 9.18 Å². The molecule has 106 valence electrons. The molecule has 1 amide bonds. The average Bonchev–Trinajstić information content (AvgIpc) is 2.26. The second kappa shape index (κ2) is 5.87. The number of nitrogens with zero attached hydrogens (tertiary/aromatic N) is 1. The third-order valence-corrected chi connectivity index (χ3v) is 3.14. The quantitative estimate of drug-likeness (QED) is 0.829. The number of carbonyl (C=O) groups excluding carboxylic acids is 1. The Hall–Kier alpha value is -0.840. The Kier molecular flexibility index (Phi) is 4.96. The smallest absolute Gasteiger partial charge is 0.410 e. The Morgan fingerprint density at radius 2 is 1.89 bits per heavy atom. The summed E-state index contributed by atoms with van der Waals surface area (Å²) < 4.78 is 19.0. The van der Waals surface area contributed by atoms with E-state index in [0.717, 1.165) is 0 Å². The van der Waals surface area contributed by atoms with Crippen molar-refractivity contribution >= 4 is 6.09 Å². The summed E-state index contributed by atoms with van der Waals surface area (Å²) in [5.74, 6) is -0.0383. The van der Waals surface area contributed by atoms with E-state index in [1.165, 1.54) is 0 Å². The van der Waals surface area contributed by atoms with Crippen LogP contribution >= 0.6 is 0 Å². The topological polar surface area (TPSA) is 55.6 Å². The molecule has 18 heavy (non-hydrogen) atoms. The van der Waals surface area contributed by atoms with Gasteiger partial charge < -0.3 is 15.4 Å². The van der Waals surface area contributed by atoms with E-state index in [9.17, 15) is 9.18 Å². The SMILES string of the molecule is CC(N)C(F)C1CCN(C(=O)OC(C)(C)C)CC1.